The zero-order valence-corrected chi connectivity index (χ0v) is 11.5. The SMILES string of the molecule is Cc1sc(C(C#N)N2CCOCC2)cc1Br. The lowest BCUT2D eigenvalue weighted by atomic mass is 10.2. The van der Waals surface area contributed by atoms with Crippen LogP contribution in [0.5, 0.6) is 0 Å². The van der Waals surface area contributed by atoms with Crippen LogP contribution in [0.2, 0.25) is 0 Å². The van der Waals surface area contributed by atoms with Gasteiger partial charge in [-0.1, -0.05) is 0 Å². The highest BCUT2D eigenvalue weighted by molar-refractivity contribution is 9.10. The van der Waals surface area contributed by atoms with Crippen LogP contribution in [0.1, 0.15) is 15.8 Å². The van der Waals surface area contributed by atoms with Crippen LogP contribution in [0, 0.1) is 18.3 Å². The molecule has 0 radical (unpaired) electrons. The van der Waals surface area contributed by atoms with Crippen molar-refractivity contribution in [2.45, 2.75) is 13.0 Å². The summed E-state index contributed by atoms with van der Waals surface area (Å²) in [5.41, 5.74) is 0. The van der Waals surface area contributed by atoms with Crippen LogP contribution in [-0.2, 0) is 4.74 Å². The van der Waals surface area contributed by atoms with Gasteiger partial charge >= 0.3 is 0 Å². The maximum absolute atomic E-state index is 9.29. The molecule has 1 aromatic heterocycles. The maximum atomic E-state index is 9.29. The number of nitrogens with zero attached hydrogens (tertiary/aromatic N) is 2. The van der Waals surface area contributed by atoms with Gasteiger partial charge in [-0.3, -0.25) is 4.90 Å². The first kappa shape index (κ1) is 12.1. The highest BCUT2D eigenvalue weighted by Gasteiger charge is 2.24. The van der Waals surface area contributed by atoms with Crippen molar-refractivity contribution in [2.24, 2.45) is 0 Å². The summed E-state index contributed by atoms with van der Waals surface area (Å²) in [6.45, 7) is 5.19. The number of hydrogen-bond acceptors (Lipinski definition) is 4. The first-order chi connectivity index (χ1) is 7.72. The lowest BCUT2D eigenvalue weighted by Crippen LogP contribution is -2.38. The van der Waals surface area contributed by atoms with Crippen LogP contribution >= 0.6 is 27.3 Å². The van der Waals surface area contributed by atoms with Crippen molar-refractivity contribution in [1.29, 1.82) is 5.26 Å². The molecule has 0 saturated carbocycles. The van der Waals surface area contributed by atoms with E-state index >= 15 is 0 Å². The first-order valence-electron chi connectivity index (χ1n) is 5.19. The Morgan fingerprint density at radius 3 is 2.75 bits per heavy atom. The molecule has 86 valence electrons. The van der Waals surface area contributed by atoms with E-state index in [1.165, 1.54) is 4.88 Å². The second-order valence-corrected chi connectivity index (χ2v) is 5.88. The molecule has 1 atom stereocenters. The van der Waals surface area contributed by atoms with Crippen LogP contribution in [0.25, 0.3) is 0 Å². The highest BCUT2D eigenvalue weighted by Crippen LogP contribution is 2.33. The van der Waals surface area contributed by atoms with E-state index in [4.69, 9.17) is 4.74 Å². The Balaban J connectivity index is 2.18. The number of ether oxygens (including phenoxy) is 1. The van der Waals surface area contributed by atoms with Gasteiger partial charge in [0.2, 0.25) is 0 Å². The molecule has 5 heteroatoms. The predicted octanol–water partition coefficient (Wildman–Crippen LogP) is 2.72. The van der Waals surface area contributed by atoms with E-state index in [2.05, 4.69) is 39.9 Å². The minimum atomic E-state index is -0.126. The monoisotopic (exact) mass is 300 g/mol. The summed E-state index contributed by atoms with van der Waals surface area (Å²) in [5.74, 6) is 0. The van der Waals surface area contributed by atoms with Crippen molar-refractivity contribution in [1.82, 2.24) is 4.90 Å². The minimum absolute atomic E-state index is 0.126. The third-order valence-electron chi connectivity index (χ3n) is 2.68. The van der Waals surface area contributed by atoms with Crippen molar-refractivity contribution >= 4 is 27.3 Å². The summed E-state index contributed by atoms with van der Waals surface area (Å²) in [4.78, 5) is 4.53. The molecule has 0 bridgehead atoms. The van der Waals surface area contributed by atoms with Crippen molar-refractivity contribution in [2.75, 3.05) is 26.3 Å². The molecule has 1 unspecified atom stereocenters. The number of rotatable bonds is 2. The van der Waals surface area contributed by atoms with Crippen molar-refractivity contribution in [3.8, 4) is 6.07 Å². The summed E-state index contributed by atoms with van der Waals surface area (Å²) in [6.07, 6.45) is 0. The van der Waals surface area contributed by atoms with E-state index in [-0.39, 0.29) is 6.04 Å². The Labute approximate surface area is 108 Å². The van der Waals surface area contributed by atoms with Gasteiger partial charge in [0.25, 0.3) is 0 Å². The average molecular weight is 301 g/mol. The summed E-state index contributed by atoms with van der Waals surface area (Å²) in [7, 11) is 0. The largest absolute Gasteiger partial charge is 0.379 e. The molecule has 1 fully saturated rings. The standard InChI is InChI=1S/C11H13BrN2OS/c1-8-9(12)6-11(16-8)10(7-13)14-2-4-15-5-3-14/h6,10H,2-5H2,1H3. The molecule has 0 N–H and O–H groups in total. The summed E-state index contributed by atoms with van der Waals surface area (Å²) >= 11 is 5.18. The smallest absolute Gasteiger partial charge is 0.133 e. The van der Waals surface area contributed by atoms with Gasteiger partial charge < -0.3 is 4.74 Å². The Morgan fingerprint density at radius 1 is 1.56 bits per heavy atom. The van der Waals surface area contributed by atoms with E-state index < -0.39 is 0 Å². The fourth-order valence-corrected chi connectivity index (χ4v) is 3.42. The number of morpholine rings is 1. The van der Waals surface area contributed by atoms with Gasteiger partial charge in [0.15, 0.2) is 0 Å². The van der Waals surface area contributed by atoms with Crippen LogP contribution in [-0.4, -0.2) is 31.2 Å². The van der Waals surface area contributed by atoms with Gasteiger partial charge in [0.05, 0.1) is 19.3 Å². The molecule has 1 aliphatic heterocycles. The summed E-state index contributed by atoms with van der Waals surface area (Å²) in [5, 5.41) is 9.29. The van der Waals surface area contributed by atoms with Crippen LogP contribution < -0.4 is 0 Å². The lowest BCUT2D eigenvalue weighted by molar-refractivity contribution is 0.0272. The van der Waals surface area contributed by atoms with E-state index in [0.717, 1.165) is 35.7 Å². The zero-order chi connectivity index (χ0) is 11.5. The van der Waals surface area contributed by atoms with Crippen molar-refractivity contribution in [3.63, 3.8) is 0 Å². The summed E-state index contributed by atoms with van der Waals surface area (Å²) < 4.78 is 6.40. The third-order valence-corrected chi connectivity index (χ3v) is 4.87. The number of hydrogen-bond donors (Lipinski definition) is 0. The predicted molar refractivity (Wildman–Crippen MR) is 67.5 cm³/mol. The Kier molecular flexibility index (Phi) is 3.98. The molecule has 0 amide bonds. The number of thiophene rings is 1. The molecule has 1 aliphatic rings. The fourth-order valence-electron chi connectivity index (χ4n) is 1.78. The quantitative estimate of drug-likeness (QED) is 0.842. The van der Waals surface area contributed by atoms with Gasteiger partial charge in [-0.15, -0.1) is 11.3 Å². The number of aryl methyl sites for hydroxylation is 1. The van der Waals surface area contributed by atoms with Gasteiger partial charge in [-0.25, -0.2) is 0 Å². The Morgan fingerprint density at radius 2 is 2.25 bits per heavy atom. The third kappa shape index (κ3) is 2.46. The normalized spacial score (nSPS) is 19.3. The van der Waals surface area contributed by atoms with Gasteiger partial charge in [-0.2, -0.15) is 5.26 Å². The molecule has 0 spiro atoms. The summed E-state index contributed by atoms with van der Waals surface area (Å²) in [6, 6.07) is 4.32. The Bertz CT molecular complexity index is 387. The molecule has 1 aromatic rings. The van der Waals surface area contributed by atoms with Crippen molar-refractivity contribution < 1.29 is 4.74 Å². The van der Waals surface area contributed by atoms with E-state index in [0.29, 0.717) is 0 Å². The highest BCUT2D eigenvalue weighted by atomic mass is 79.9. The fraction of sp³-hybridized carbons (Fsp3) is 0.545. The van der Waals surface area contributed by atoms with Crippen LogP contribution in [0.3, 0.4) is 0 Å². The molecular weight excluding hydrogens is 288 g/mol. The molecule has 3 nitrogen and oxygen atoms in total. The average Bonchev–Trinajstić information content (AvgIpc) is 2.61. The van der Waals surface area contributed by atoms with Crippen molar-refractivity contribution in [3.05, 3.63) is 20.3 Å². The zero-order valence-electron chi connectivity index (χ0n) is 9.07. The van der Waals surface area contributed by atoms with E-state index in [1.54, 1.807) is 11.3 Å². The molecule has 2 heterocycles. The second kappa shape index (κ2) is 5.28. The molecule has 2 rings (SSSR count). The Hall–Kier alpha value is -0.410. The topological polar surface area (TPSA) is 36.3 Å². The maximum Gasteiger partial charge on any atom is 0.133 e. The molecular formula is C11H13BrN2OS. The van der Waals surface area contributed by atoms with Gasteiger partial charge in [0, 0.05) is 27.3 Å². The van der Waals surface area contributed by atoms with Gasteiger partial charge in [0.1, 0.15) is 6.04 Å². The first-order valence-corrected chi connectivity index (χ1v) is 6.80. The molecule has 0 aromatic carbocycles. The minimum Gasteiger partial charge on any atom is -0.379 e. The van der Waals surface area contributed by atoms with E-state index in [1.807, 2.05) is 0 Å². The van der Waals surface area contributed by atoms with Crippen LogP contribution in [0.15, 0.2) is 10.5 Å². The molecule has 1 saturated heterocycles. The van der Waals surface area contributed by atoms with Gasteiger partial charge in [-0.05, 0) is 28.9 Å². The number of nitriles is 1. The lowest BCUT2D eigenvalue weighted by Gasteiger charge is -2.29. The molecule has 16 heavy (non-hydrogen) atoms. The molecule has 0 aliphatic carbocycles. The van der Waals surface area contributed by atoms with E-state index in [9.17, 15) is 5.26 Å². The number of halogens is 1. The van der Waals surface area contributed by atoms with Crippen LogP contribution in [0.4, 0.5) is 0 Å². The second-order valence-electron chi connectivity index (χ2n) is 3.73.